The lowest BCUT2D eigenvalue weighted by molar-refractivity contribution is 0.667. The number of nitrogens with zero attached hydrogens (tertiary/aromatic N) is 2. The second kappa shape index (κ2) is 4.94. The lowest BCUT2D eigenvalue weighted by Gasteiger charge is -2.11. The summed E-state index contributed by atoms with van der Waals surface area (Å²) in [5.74, 6) is 0. The molecule has 3 aromatic rings. The third kappa shape index (κ3) is 2.10. The Morgan fingerprint density at radius 1 is 1.40 bits per heavy atom. The third-order valence-electron chi connectivity index (χ3n) is 3.00. The molecule has 0 radical (unpaired) electrons. The Kier molecular flexibility index (Phi) is 3.26. The van der Waals surface area contributed by atoms with Crippen LogP contribution in [0.3, 0.4) is 0 Å². The average Bonchev–Trinajstić information content (AvgIpc) is 2.79. The largest absolute Gasteiger partial charge is 0.452 e. The number of anilines is 1. The summed E-state index contributed by atoms with van der Waals surface area (Å²) in [6.45, 7) is 4.16. The van der Waals surface area contributed by atoms with Gasteiger partial charge >= 0.3 is 0 Å². The summed E-state index contributed by atoms with van der Waals surface area (Å²) in [6.07, 6.45) is 1.83. The van der Waals surface area contributed by atoms with Gasteiger partial charge in [-0.25, -0.2) is 0 Å². The van der Waals surface area contributed by atoms with Gasteiger partial charge in [0, 0.05) is 17.6 Å². The molecule has 1 N–H and O–H groups in total. The van der Waals surface area contributed by atoms with Crippen LogP contribution in [0.1, 0.15) is 19.4 Å². The number of furan rings is 1. The molecule has 0 aliphatic heterocycles. The minimum Gasteiger partial charge on any atom is -0.452 e. The predicted molar refractivity (Wildman–Crippen MR) is 87.7 cm³/mol. The number of hydrogen-bond donors (Lipinski definition) is 1. The molecule has 2 aromatic heterocycles. The smallest absolute Gasteiger partial charge is 0.178 e. The minimum atomic E-state index is 0.303. The molecular formula is C15H12IN3O. The molecule has 4 nitrogen and oxygen atoms in total. The van der Waals surface area contributed by atoms with Gasteiger partial charge in [-0.1, -0.05) is 0 Å². The van der Waals surface area contributed by atoms with Crippen molar-refractivity contribution in [1.29, 1.82) is 5.26 Å². The van der Waals surface area contributed by atoms with E-state index in [-0.39, 0.29) is 0 Å². The Morgan fingerprint density at radius 2 is 2.20 bits per heavy atom. The van der Waals surface area contributed by atoms with Crippen molar-refractivity contribution in [3.8, 4) is 6.07 Å². The van der Waals surface area contributed by atoms with E-state index in [0.29, 0.717) is 17.2 Å². The maximum absolute atomic E-state index is 8.97. The van der Waals surface area contributed by atoms with E-state index in [2.05, 4.69) is 52.8 Å². The van der Waals surface area contributed by atoms with E-state index < -0.39 is 0 Å². The molecule has 0 aliphatic carbocycles. The van der Waals surface area contributed by atoms with Crippen molar-refractivity contribution in [3.63, 3.8) is 0 Å². The fourth-order valence-electron chi connectivity index (χ4n) is 2.17. The van der Waals surface area contributed by atoms with Gasteiger partial charge in [-0.2, -0.15) is 5.26 Å². The first-order valence-electron chi connectivity index (χ1n) is 6.27. The van der Waals surface area contributed by atoms with Gasteiger partial charge in [-0.15, -0.1) is 0 Å². The molecule has 2 heterocycles. The Bertz CT molecular complexity index is 846. The monoisotopic (exact) mass is 377 g/mol. The Morgan fingerprint density at radius 3 is 2.90 bits per heavy atom. The van der Waals surface area contributed by atoms with Crippen LogP contribution >= 0.6 is 22.6 Å². The summed E-state index contributed by atoms with van der Waals surface area (Å²) in [5, 5.41) is 13.3. The maximum atomic E-state index is 8.97. The zero-order valence-electron chi connectivity index (χ0n) is 11.1. The van der Waals surface area contributed by atoms with E-state index in [0.717, 1.165) is 25.7 Å². The number of aromatic nitrogens is 1. The van der Waals surface area contributed by atoms with E-state index in [1.54, 1.807) is 12.1 Å². The number of nitrogens with one attached hydrogen (secondary N) is 1. The summed E-state index contributed by atoms with van der Waals surface area (Å²) in [5.41, 5.74) is 3.81. The van der Waals surface area contributed by atoms with E-state index in [4.69, 9.17) is 9.68 Å². The fraction of sp³-hybridized carbons (Fsp3) is 0.200. The first kappa shape index (κ1) is 13.2. The van der Waals surface area contributed by atoms with E-state index in [1.807, 2.05) is 12.3 Å². The zero-order chi connectivity index (χ0) is 14.3. The molecule has 0 saturated carbocycles. The highest BCUT2D eigenvalue weighted by atomic mass is 127. The van der Waals surface area contributed by atoms with Gasteiger partial charge in [-0.05, 0) is 54.6 Å². The second-order valence-corrected chi connectivity index (χ2v) is 6.04. The average molecular weight is 377 g/mol. The summed E-state index contributed by atoms with van der Waals surface area (Å²) >= 11 is 2.24. The summed E-state index contributed by atoms with van der Waals surface area (Å²) in [6, 6.07) is 7.85. The first-order valence-corrected chi connectivity index (χ1v) is 7.35. The minimum absolute atomic E-state index is 0.303. The standard InChI is InChI=1S/C15H12IN3O/c1-8(2)19-14-11(16)7-18-13-10-4-3-9(6-17)5-12(10)20-15(13)14/h3-5,7-8H,1-2H3,(H,18,19). The van der Waals surface area contributed by atoms with Crippen LogP contribution in [0.15, 0.2) is 28.8 Å². The number of hydrogen-bond acceptors (Lipinski definition) is 4. The second-order valence-electron chi connectivity index (χ2n) is 4.88. The number of rotatable bonds is 2. The Labute approximate surface area is 129 Å². The van der Waals surface area contributed by atoms with Crippen LogP contribution in [-0.4, -0.2) is 11.0 Å². The molecule has 0 unspecified atom stereocenters. The van der Waals surface area contributed by atoms with Crippen molar-refractivity contribution in [2.45, 2.75) is 19.9 Å². The van der Waals surface area contributed by atoms with Gasteiger partial charge in [0.25, 0.3) is 0 Å². The molecule has 0 amide bonds. The van der Waals surface area contributed by atoms with E-state index in [9.17, 15) is 0 Å². The SMILES string of the molecule is CC(C)Nc1c(I)cnc2c1oc1cc(C#N)ccc12. The highest BCUT2D eigenvalue weighted by molar-refractivity contribution is 14.1. The number of benzene rings is 1. The molecule has 5 heteroatoms. The Hall–Kier alpha value is -1.81. The number of halogens is 1. The fourth-order valence-corrected chi connectivity index (χ4v) is 2.71. The van der Waals surface area contributed by atoms with Gasteiger partial charge in [0.2, 0.25) is 0 Å². The summed E-state index contributed by atoms with van der Waals surface area (Å²) < 4.78 is 6.94. The molecule has 1 aromatic carbocycles. The summed E-state index contributed by atoms with van der Waals surface area (Å²) in [7, 11) is 0. The topological polar surface area (TPSA) is 61.9 Å². The highest BCUT2D eigenvalue weighted by Crippen LogP contribution is 2.35. The van der Waals surface area contributed by atoms with Crippen LogP contribution in [0.25, 0.3) is 22.1 Å². The molecule has 20 heavy (non-hydrogen) atoms. The normalized spacial score (nSPS) is 11.2. The molecule has 0 aliphatic rings. The van der Waals surface area contributed by atoms with Gasteiger partial charge in [0.1, 0.15) is 11.1 Å². The predicted octanol–water partition coefficient (Wildman–Crippen LogP) is 4.28. The van der Waals surface area contributed by atoms with Gasteiger partial charge < -0.3 is 9.73 Å². The molecule has 0 spiro atoms. The van der Waals surface area contributed by atoms with Crippen LogP contribution in [-0.2, 0) is 0 Å². The van der Waals surface area contributed by atoms with Crippen molar-refractivity contribution >= 4 is 50.3 Å². The van der Waals surface area contributed by atoms with Crippen molar-refractivity contribution < 1.29 is 4.42 Å². The quantitative estimate of drug-likeness (QED) is 0.678. The van der Waals surface area contributed by atoms with Crippen LogP contribution in [0.2, 0.25) is 0 Å². The summed E-state index contributed by atoms with van der Waals surface area (Å²) in [4.78, 5) is 4.47. The number of pyridine rings is 1. The van der Waals surface area contributed by atoms with Crippen LogP contribution in [0.4, 0.5) is 5.69 Å². The molecule has 100 valence electrons. The van der Waals surface area contributed by atoms with Crippen molar-refractivity contribution in [3.05, 3.63) is 33.5 Å². The first-order chi connectivity index (χ1) is 9.60. The van der Waals surface area contributed by atoms with Crippen molar-refractivity contribution in [2.75, 3.05) is 5.32 Å². The van der Waals surface area contributed by atoms with E-state index >= 15 is 0 Å². The number of nitriles is 1. The Balaban J connectivity index is 2.34. The van der Waals surface area contributed by atoms with E-state index in [1.165, 1.54) is 0 Å². The van der Waals surface area contributed by atoms with Crippen molar-refractivity contribution in [1.82, 2.24) is 4.98 Å². The van der Waals surface area contributed by atoms with Crippen LogP contribution < -0.4 is 5.32 Å². The third-order valence-corrected chi connectivity index (χ3v) is 3.82. The van der Waals surface area contributed by atoms with Crippen molar-refractivity contribution in [2.24, 2.45) is 0 Å². The zero-order valence-corrected chi connectivity index (χ0v) is 13.2. The molecule has 3 rings (SSSR count). The number of fused-ring (bicyclic) bond motifs is 3. The molecule has 0 fully saturated rings. The molecule has 0 bridgehead atoms. The molecular weight excluding hydrogens is 365 g/mol. The molecule has 0 saturated heterocycles. The van der Waals surface area contributed by atoms with Gasteiger partial charge in [0.15, 0.2) is 5.58 Å². The van der Waals surface area contributed by atoms with Gasteiger partial charge in [-0.3, -0.25) is 4.98 Å². The maximum Gasteiger partial charge on any atom is 0.178 e. The lowest BCUT2D eigenvalue weighted by Crippen LogP contribution is -2.11. The highest BCUT2D eigenvalue weighted by Gasteiger charge is 2.15. The lowest BCUT2D eigenvalue weighted by atomic mass is 10.1. The van der Waals surface area contributed by atoms with Crippen LogP contribution in [0, 0.1) is 14.9 Å². The van der Waals surface area contributed by atoms with Gasteiger partial charge in [0.05, 0.1) is 20.9 Å². The van der Waals surface area contributed by atoms with Crippen LogP contribution in [0.5, 0.6) is 0 Å². The molecule has 0 atom stereocenters.